The zero-order valence-corrected chi connectivity index (χ0v) is 36.6. The molecule has 2 aliphatic heterocycles. The summed E-state index contributed by atoms with van der Waals surface area (Å²) in [5.41, 5.74) is 3.25. The molecule has 10 nitrogen and oxygen atoms in total. The van der Waals surface area contributed by atoms with E-state index in [0.717, 1.165) is 24.8 Å². The zero-order chi connectivity index (χ0) is 43.9. The Morgan fingerprint density at radius 2 is 1.08 bits per heavy atom. The second-order valence-corrected chi connectivity index (χ2v) is 16.9. The van der Waals surface area contributed by atoms with E-state index in [0.29, 0.717) is 42.0 Å². The first-order chi connectivity index (χ1) is 28.5. The minimum absolute atomic E-state index is 0.0543. The lowest BCUT2D eigenvalue weighted by atomic mass is 10.0. The first kappa shape index (κ1) is 47.3. The number of benzene rings is 4. The van der Waals surface area contributed by atoms with Crippen LogP contribution in [0.3, 0.4) is 0 Å². The molecule has 0 radical (unpaired) electrons. The topological polar surface area (TPSA) is 94.7 Å². The highest BCUT2D eigenvalue weighted by Gasteiger charge is 2.31. The lowest BCUT2D eigenvalue weighted by Gasteiger charge is -2.43. The molecule has 2 aliphatic rings. The van der Waals surface area contributed by atoms with Gasteiger partial charge in [0.1, 0.15) is 11.6 Å². The Kier molecular flexibility index (Phi) is 17.6. The minimum Gasteiger partial charge on any atom is -0.465 e. The molecule has 60 heavy (non-hydrogen) atoms. The molecular formula is C48H63F2N5O5. The number of urea groups is 1. The number of nitrogens with one attached hydrogen (secondary N) is 1. The number of hydrogen-bond donors (Lipinski definition) is 1. The molecule has 4 aromatic carbocycles. The lowest BCUT2D eigenvalue weighted by molar-refractivity contribution is 0.0591. The van der Waals surface area contributed by atoms with E-state index in [9.17, 15) is 23.2 Å². The van der Waals surface area contributed by atoms with Crippen LogP contribution in [-0.2, 0) is 22.6 Å². The van der Waals surface area contributed by atoms with Gasteiger partial charge in [0, 0.05) is 66.3 Å². The maximum absolute atomic E-state index is 14.7. The van der Waals surface area contributed by atoms with Gasteiger partial charge in [0.2, 0.25) is 0 Å². The number of nitrogens with zero attached hydrogens (tertiary/aromatic N) is 4. The van der Waals surface area contributed by atoms with Crippen LogP contribution in [0.2, 0.25) is 0 Å². The summed E-state index contributed by atoms with van der Waals surface area (Å²) in [5, 5.41) is 3.11. The molecule has 4 aromatic rings. The van der Waals surface area contributed by atoms with Gasteiger partial charge in [0.25, 0.3) is 0 Å². The highest BCUT2D eigenvalue weighted by atomic mass is 19.1. The van der Waals surface area contributed by atoms with Gasteiger partial charge in [-0.3, -0.25) is 14.7 Å². The first-order valence-electron chi connectivity index (χ1n) is 20.7. The fraction of sp³-hybridized carbons (Fsp3) is 0.438. The van der Waals surface area contributed by atoms with Crippen molar-refractivity contribution >= 4 is 29.3 Å². The molecule has 12 heteroatoms. The predicted molar refractivity (Wildman–Crippen MR) is 235 cm³/mol. The second-order valence-electron chi connectivity index (χ2n) is 16.9. The summed E-state index contributed by atoms with van der Waals surface area (Å²) in [6.07, 6.45) is 4.24. The number of piperidine rings is 1. The van der Waals surface area contributed by atoms with Crippen LogP contribution < -0.4 is 10.2 Å². The number of esters is 2. The Hall–Kier alpha value is -5.33. The molecule has 0 saturated carbocycles. The fourth-order valence-electron chi connectivity index (χ4n) is 6.96. The van der Waals surface area contributed by atoms with Crippen molar-refractivity contribution in [2.45, 2.75) is 85.0 Å². The van der Waals surface area contributed by atoms with Gasteiger partial charge in [-0.15, -0.1) is 0 Å². The summed E-state index contributed by atoms with van der Waals surface area (Å²) in [4.78, 5) is 44.7. The number of hydrogen-bond acceptors (Lipinski definition) is 8. The summed E-state index contributed by atoms with van der Waals surface area (Å²) < 4.78 is 37.7. The number of anilines is 2. The van der Waals surface area contributed by atoms with Gasteiger partial charge >= 0.3 is 18.0 Å². The number of piperazine rings is 1. The smallest absolute Gasteiger partial charge is 0.337 e. The normalized spacial score (nSPS) is 14.7. The van der Waals surface area contributed by atoms with Crippen LogP contribution in [0.4, 0.5) is 25.0 Å². The number of ether oxygens (including phenoxy) is 2. The summed E-state index contributed by atoms with van der Waals surface area (Å²) in [5.74, 6) is -2.11. The van der Waals surface area contributed by atoms with E-state index in [2.05, 4.69) is 66.1 Å². The third-order valence-corrected chi connectivity index (χ3v) is 10.6. The quantitative estimate of drug-likeness (QED) is 0.176. The standard InChI is InChI=1S/C24H30FN3O3.C15H14FNO2.C9H19N/c1-24(2,3)27-14-12-26(13-15-27)23(30)28(20-8-6-5-7-9-20)17-19-11-10-18(16-21(19)25)22(29)31-4;1-19-15(18)11-7-8-12(14(16)9-11)10-17-13-5-3-2-4-6-13;1-9(2,3)10-7-5-4-6-8-10/h5-11,16H,12-15,17H2,1-4H3;2-9,17H,10H2,1H3;4-8H2,1-3H3. The Morgan fingerprint density at radius 1 is 0.617 bits per heavy atom. The number of likely N-dealkylation sites (tertiary alicyclic amines) is 1. The number of amides is 2. The zero-order valence-electron chi connectivity index (χ0n) is 36.6. The van der Waals surface area contributed by atoms with Crippen molar-refractivity contribution in [1.29, 1.82) is 0 Å². The predicted octanol–water partition coefficient (Wildman–Crippen LogP) is 9.65. The lowest BCUT2D eigenvalue weighted by Crippen LogP contribution is -2.57. The van der Waals surface area contributed by atoms with Crippen LogP contribution in [0.15, 0.2) is 97.1 Å². The second kappa shape index (κ2) is 22.3. The summed E-state index contributed by atoms with van der Waals surface area (Å²) in [6, 6.07) is 27.1. The molecular weight excluding hydrogens is 765 g/mol. The van der Waals surface area contributed by atoms with E-state index in [4.69, 9.17) is 0 Å². The molecule has 0 aliphatic carbocycles. The van der Waals surface area contributed by atoms with Crippen LogP contribution in [0.1, 0.15) is 92.6 Å². The molecule has 2 saturated heterocycles. The number of carbonyl (C=O) groups excluding carboxylic acids is 3. The SMILES string of the molecule is CC(C)(C)N1CCCCC1.COC(=O)c1ccc(CN(C(=O)N2CCN(C(C)(C)C)CC2)c2ccccc2)c(F)c1.COC(=O)c1ccc(CNc2ccccc2)c(F)c1. The van der Waals surface area contributed by atoms with Crippen LogP contribution in [0.25, 0.3) is 0 Å². The Labute approximate surface area is 355 Å². The van der Waals surface area contributed by atoms with Crippen LogP contribution >= 0.6 is 0 Å². The van der Waals surface area contributed by atoms with Crippen LogP contribution in [-0.4, -0.2) is 97.2 Å². The fourth-order valence-corrected chi connectivity index (χ4v) is 6.96. The van der Waals surface area contributed by atoms with Crippen LogP contribution in [0, 0.1) is 11.6 Å². The molecule has 1 N–H and O–H groups in total. The monoisotopic (exact) mass is 827 g/mol. The highest BCUT2D eigenvalue weighted by Crippen LogP contribution is 2.24. The summed E-state index contributed by atoms with van der Waals surface area (Å²) in [6.45, 7) is 19.3. The van der Waals surface area contributed by atoms with Crippen molar-refractivity contribution in [2.75, 3.05) is 63.7 Å². The van der Waals surface area contributed by atoms with Gasteiger partial charge in [-0.2, -0.15) is 0 Å². The molecule has 2 fully saturated rings. The van der Waals surface area contributed by atoms with E-state index in [1.54, 1.807) is 17.0 Å². The minimum atomic E-state index is -0.599. The molecule has 2 heterocycles. The molecule has 324 valence electrons. The van der Waals surface area contributed by atoms with E-state index in [1.165, 1.54) is 64.8 Å². The molecule has 0 bridgehead atoms. The van der Waals surface area contributed by atoms with E-state index in [-0.39, 0.29) is 29.2 Å². The van der Waals surface area contributed by atoms with E-state index < -0.39 is 23.6 Å². The summed E-state index contributed by atoms with van der Waals surface area (Å²) in [7, 11) is 2.52. The Morgan fingerprint density at radius 3 is 1.53 bits per heavy atom. The van der Waals surface area contributed by atoms with Gasteiger partial charge in [-0.1, -0.05) is 55.0 Å². The average Bonchev–Trinajstić information content (AvgIpc) is 3.25. The van der Waals surface area contributed by atoms with Gasteiger partial charge < -0.3 is 19.7 Å². The molecule has 0 aromatic heterocycles. The van der Waals surface area contributed by atoms with E-state index in [1.807, 2.05) is 65.6 Å². The number of halogens is 2. The Balaban J connectivity index is 0.000000230. The van der Waals surface area contributed by atoms with Crippen LogP contribution in [0.5, 0.6) is 0 Å². The number of rotatable bonds is 8. The largest absolute Gasteiger partial charge is 0.465 e. The molecule has 0 spiro atoms. The first-order valence-corrected chi connectivity index (χ1v) is 20.7. The van der Waals surface area contributed by atoms with Crippen molar-refractivity contribution in [3.8, 4) is 0 Å². The van der Waals surface area contributed by atoms with E-state index >= 15 is 0 Å². The van der Waals surface area contributed by atoms with Gasteiger partial charge in [-0.05, 0) is 116 Å². The molecule has 6 rings (SSSR count). The number of para-hydroxylation sites is 2. The average molecular weight is 828 g/mol. The Bertz CT molecular complexity index is 1970. The highest BCUT2D eigenvalue weighted by molar-refractivity contribution is 5.92. The van der Waals surface area contributed by atoms with Crippen molar-refractivity contribution in [1.82, 2.24) is 14.7 Å². The van der Waals surface area contributed by atoms with Crippen molar-refractivity contribution in [3.63, 3.8) is 0 Å². The molecule has 2 amide bonds. The molecule has 0 unspecified atom stereocenters. The third kappa shape index (κ3) is 14.2. The third-order valence-electron chi connectivity index (χ3n) is 10.6. The van der Waals surface area contributed by atoms with Crippen molar-refractivity contribution < 1.29 is 32.6 Å². The maximum atomic E-state index is 14.7. The maximum Gasteiger partial charge on any atom is 0.337 e. The van der Waals surface area contributed by atoms with Crippen molar-refractivity contribution in [3.05, 3.63) is 131 Å². The van der Waals surface area contributed by atoms with Crippen molar-refractivity contribution in [2.24, 2.45) is 0 Å². The van der Waals surface area contributed by atoms with Gasteiger partial charge in [0.05, 0.1) is 31.9 Å². The van der Waals surface area contributed by atoms with Gasteiger partial charge in [-0.25, -0.2) is 23.2 Å². The van der Waals surface area contributed by atoms with Gasteiger partial charge in [0.15, 0.2) is 0 Å². The number of methoxy groups -OCH3 is 2. The number of carbonyl (C=O) groups is 3. The molecule has 0 atom stereocenters. The summed E-state index contributed by atoms with van der Waals surface area (Å²) >= 11 is 0.